The molecule has 5 rings (SSSR count). The first-order valence-corrected chi connectivity index (χ1v) is 12.2. The molecule has 0 unspecified atom stereocenters. The van der Waals surface area contributed by atoms with Gasteiger partial charge < -0.3 is 28.6 Å². The monoisotopic (exact) mass is 513 g/mol. The second-order valence-corrected chi connectivity index (χ2v) is 9.61. The van der Waals surface area contributed by atoms with E-state index in [1.165, 1.54) is 17.0 Å². The summed E-state index contributed by atoms with van der Waals surface area (Å²) in [7, 11) is 4.87. The lowest BCUT2D eigenvalue weighted by Gasteiger charge is -2.33. The lowest BCUT2D eigenvalue weighted by molar-refractivity contribution is -0.0109. The second-order valence-electron chi connectivity index (χ2n) is 9.61. The highest BCUT2D eigenvalue weighted by molar-refractivity contribution is 5.98. The number of hydrogen-bond acceptors (Lipinski definition) is 7. The lowest BCUT2D eigenvalue weighted by atomic mass is 10.0. The van der Waals surface area contributed by atoms with Gasteiger partial charge in [-0.15, -0.1) is 0 Å². The minimum atomic E-state index is -0.656. The number of halogens is 2. The summed E-state index contributed by atoms with van der Waals surface area (Å²) in [6.07, 6.45) is 0.268. The van der Waals surface area contributed by atoms with E-state index < -0.39 is 11.6 Å². The topological polar surface area (TPSA) is 75.5 Å². The van der Waals surface area contributed by atoms with Crippen LogP contribution in [0.1, 0.15) is 21.5 Å². The molecule has 37 heavy (non-hydrogen) atoms. The zero-order valence-electron chi connectivity index (χ0n) is 21.1. The van der Waals surface area contributed by atoms with Gasteiger partial charge in [-0.3, -0.25) is 9.59 Å². The number of benzene rings is 2. The zero-order chi connectivity index (χ0) is 26.3. The van der Waals surface area contributed by atoms with Crippen molar-refractivity contribution in [2.45, 2.75) is 19.1 Å². The van der Waals surface area contributed by atoms with Crippen molar-refractivity contribution in [2.24, 2.45) is 0 Å². The number of hydrogen-bond donors (Lipinski definition) is 0. The molecule has 0 N–H and O–H groups in total. The molecule has 2 aliphatic rings. The Morgan fingerprint density at radius 2 is 1.97 bits per heavy atom. The highest BCUT2D eigenvalue weighted by atomic mass is 19.1. The number of morpholine rings is 1. The molecule has 3 aromatic rings. The molecule has 8 nitrogen and oxygen atoms in total. The molecule has 1 atom stereocenters. The van der Waals surface area contributed by atoms with Crippen LogP contribution in [0, 0.1) is 11.6 Å². The first-order valence-electron chi connectivity index (χ1n) is 12.2. The molecule has 1 aromatic heterocycles. The summed E-state index contributed by atoms with van der Waals surface area (Å²) in [6.45, 7) is 2.58. The number of nitrogens with zero attached hydrogens (tertiary/aromatic N) is 3. The number of rotatable bonds is 6. The van der Waals surface area contributed by atoms with Gasteiger partial charge in [0.05, 0.1) is 24.7 Å². The van der Waals surface area contributed by atoms with Gasteiger partial charge in [-0.05, 0) is 24.6 Å². The molecule has 0 bridgehead atoms. The van der Waals surface area contributed by atoms with Crippen LogP contribution in [0.4, 0.5) is 20.4 Å². The summed E-state index contributed by atoms with van der Waals surface area (Å²) in [4.78, 5) is 31.3. The third-order valence-electron chi connectivity index (χ3n) is 6.82. The summed E-state index contributed by atoms with van der Waals surface area (Å²) in [5.74, 6) is -1.10. The van der Waals surface area contributed by atoms with Crippen LogP contribution in [0.3, 0.4) is 0 Å². The molecule has 2 aliphatic heterocycles. The molecule has 1 saturated heterocycles. The first kappa shape index (κ1) is 25.2. The predicted molar refractivity (Wildman–Crippen MR) is 135 cm³/mol. The van der Waals surface area contributed by atoms with Crippen LogP contribution in [-0.2, 0) is 22.4 Å². The summed E-state index contributed by atoms with van der Waals surface area (Å²) in [5.41, 5.74) is 1.90. The van der Waals surface area contributed by atoms with Gasteiger partial charge in [0, 0.05) is 81.9 Å². The highest BCUT2D eigenvalue weighted by Crippen LogP contribution is 2.34. The average molecular weight is 514 g/mol. The molecule has 0 saturated carbocycles. The van der Waals surface area contributed by atoms with Crippen LogP contribution in [0.15, 0.2) is 39.5 Å². The van der Waals surface area contributed by atoms with E-state index >= 15 is 0 Å². The fraction of sp³-hybridized carbons (Fsp3) is 0.407. The average Bonchev–Trinajstić information content (AvgIpc) is 3.26. The predicted octanol–water partition coefficient (Wildman–Crippen LogP) is 3.19. The molecule has 2 aromatic carbocycles. The van der Waals surface area contributed by atoms with E-state index in [1.807, 2.05) is 9.80 Å². The first-order chi connectivity index (χ1) is 17.7. The number of fused-ring (bicyclic) bond motifs is 2. The van der Waals surface area contributed by atoms with Crippen molar-refractivity contribution in [3.8, 4) is 0 Å². The highest BCUT2D eigenvalue weighted by Gasteiger charge is 2.27. The number of methoxy groups -OCH3 is 1. The molecule has 0 radical (unpaired) electrons. The van der Waals surface area contributed by atoms with Gasteiger partial charge in [-0.2, -0.15) is 0 Å². The normalized spacial score (nSPS) is 17.4. The Balaban J connectivity index is 1.60. The van der Waals surface area contributed by atoms with Crippen molar-refractivity contribution in [1.29, 1.82) is 0 Å². The Labute approximate surface area is 213 Å². The Bertz CT molecular complexity index is 1410. The maximum absolute atomic E-state index is 14.4. The van der Waals surface area contributed by atoms with E-state index in [2.05, 4.69) is 0 Å². The molecular weight excluding hydrogens is 484 g/mol. The minimum Gasteiger partial charge on any atom is -0.440 e. The van der Waals surface area contributed by atoms with Crippen molar-refractivity contribution in [3.63, 3.8) is 0 Å². The van der Waals surface area contributed by atoms with Gasteiger partial charge in [-0.25, -0.2) is 8.78 Å². The van der Waals surface area contributed by atoms with Crippen LogP contribution in [0.2, 0.25) is 0 Å². The molecule has 0 spiro atoms. The largest absolute Gasteiger partial charge is 0.440 e. The molecule has 196 valence electrons. The van der Waals surface area contributed by atoms with Gasteiger partial charge in [0.1, 0.15) is 17.2 Å². The Morgan fingerprint density at radius 1 is 1.16 bits per heavy atom. The summed E-state index contributed by atoms with van der Waals surface area (Å²) >= 11 is 0. The van der Waals surface area contributed by atoms with Crippen molar-refractivity contribution >= 4 is 28.4 Å². The molecule has 3 heterocycles. The molecule has 0 aliphatic carbocycles. The van der Waals surface area contributed by atoms with Crippen molar-refractivity contribution < 1.29 is 27.5 Å². The van der Waals surface area contributed by atoms with Crippen LogP contribution in [-0.4, -0.2) is 71.0 Å². The molecule has 1 amide bonds. The maximum atomic E-state index is 14.4. The SMILES string of the molecule is COC[C@@H]1CN(c2cc(=O)c3cc(C(=O)N(C)C)cc(CN4CCc5c(F)cc(F)cc54)c3o2)CCO1. The standard InChI is InChI=1S/C27H29F2N3O5/c1-30(2)27(34)16-8-17(13-31-5-4-20-22(29)10-18(28)11-23(20)31)26-21(9-16)24(33)12-25(37-26)32-6-7-36-19(14-32)15-35-3/h8-12,19H,4-7,13-15H2,1-3H3/t19-/m0/s1. The van der Waals surface area contributed by atoms with Gasteiger partial charge in [0.2, 0.25) is 0 Å². The van der Waals surface area contributed by atoms with E-state index in [1.54, 1.807) is 33.3 Å². The second kappa shape index (κ2) is 10.1. The zero-order valence-corrected chi connectivity index (χ0v) is 21.1. The quantitative estimate of drug-likeness (QED) is 0.501. The van der Waals surface area contributed by atoms with E-state index in [9.17, 15) is 18.4 Å². The lowest BCUT2D eigenvalue weighted by Crippen LogP contribution is -2.44. The summed E-state index contributed by atoms with van der Waals surface area (Å²) in [6, 6.07) is 6.87. The number of carbonyl (C=O) groups excluding carboxylic acids is 1. The van der Waals surface area contributed by atoms with E-state index in [-0.39, 0.29) is 29.4 Å². The molecular formula is C27H29F2N3O5. The molecule has 1 fully saturated rings. The number of carbonyl (C=O) groups is 1. The van der Waals surface area contributed by atoms with E-state index in [0.29, 0.717) is 73.1 Å². The van der Waals surface area contributed by atoms with E-state index in [0.717, 1.165) is 6.07 Å². The Hall–Kier alpha value is -3.50. The van der Waals surface area contributed by atoms with E-state index in [4.69, 9.17) is 13.9 Å². The fourth-order valence-electron chi connectivity index (χ4n) is 5.03. The van der Waals surface area contributed by atoms with Crippen molar-refractivity contribution in [1.82, 2.24) is 4.90 Å². The van der Waals surface area contributed by atoms with Crippen molar-refractivity contribution in [2.75, 3.05) is 63.9 Å². The van der Waals surface area contributed by atoms with Gasteiger partial charge >= 0.3 is 0 Å². The van der Waals surface area contributed by atoms with Crippen LogP contribution in [0.25, 0.3) is 11.0 Å². The summed E-state index contributed by atoms with van der Waals surface area (Å²) in [5, 5.41) is 0.276. The van der Waals surface area contributed by atoms with Gasteiger partial charge in [-0.1, -0.05) is 0 Å². The Kier molecular flexibility index (Phi) is 6.87. The minimum absolute atomic E-state index is 0.162. The number of ether oxygens (including phenoxy) is 2. The third kappa shape index (κ3) is 4.91. The smallest absolute Gasteiger partial charge is 0.253 e. The van der Waals surface area contributed by atoms with Gasteiger partial charge in [0.15, 0.2) is 11.3 Å². The maximum Gasteiger partial charge on any atom is 0.253 e. The van der Waals surface area contributed by atoms with Crippen molar-refractivity contribution in [3.05, 3.63) is 68.9 Å². The molecule has 10 heteroatoms. The van der Waals surface area contributed by atoms with Crippen LogP contribution >= 0.6 is 0 Å². The fourth-order valence-corrected chi connectivity index (χ4v) is 5.03. The number of amides is 1. The third-order valence-corrected chi connectivity index (χ3v) is 6.82. The summed E-state index contributed by atoms with van der Waals surface area (Å²) < 4.78 is 45.7. The number of anilines is 2. The van der Waals surface area contributed by atoms with Crippen LogP contribution in [0.5, 0.6) is 0 Å². The van der Waals surface area contributed by atoms with Gasteiger partial charge in [0.25, 0.3) is 5.91 Å². The Morgan fingerprint density at radius 3 is 2.73 bits per heavy atom. The van der Waals surface area contributed by atoms with Crippen LogP contribution < -0.4 is 15.2 Å².